The molecule has 0 amide bonds. The van der Waals surface area contributed by atoms with Gasteiger partial charge in [-0.05, 0) is 35.3 Å². The molecule has 1 fully saturated rings. The zero-order valence-electron chi connectivity index (χ0n) is 9.89. The largest absolute Gasteiger partial charge is 0.481 e. The quantitative estimate of drug-likeness (QED) is 0.864. The number of carbonyl (C=O) groups is 1. The molecule has 1 aliphatic heterocycles. The predicted molar refractivity (Wildman–Crippen MR) is 76.1 cm³/mol. The number of halogens is 2. The third kappa shape index (κ3) is 2.69. The lowest BCUT2D eigenvalue weighted by Gasteiger charge is -2.19. The van der Waals surface area contributed by atoms with Crippen molar-refractivity contribution in [1.29, 1.82) is 0 Å². The van der Waals surface area contributed by atoms with Crippen molar-refractivity contribution in [3.63, 3.8) is 0 Å². The van der Waals surface area contributed by atoms with Crippen molar-refractivity contribution >= 4 is 54.9 Å². The van der Waals surface area contributed by atoms with Crippen LogP contribution in [0.2, 0.25) is 5.02 Å². The van der Waals surface area contributed by atoms with Crippen LogP contribution in [0.15, 0.2) is 14.1 Å². The molecular formula is C10H11BrClNO4S2. The zero-order valence-corrected chi connectivity index (χ0v) is 13.9. The zero-order chi connectivity index (χ0) is 14.4. The van der Waals surface area contributed by atoms with Crippen LogP contribution in [-0.4, -0.2) is 36.9 Å². The van der Waals surface area contributed by atoms with Gasteiger partial charge in [0.2, 0.25) is 0 Å². The molecule has 0 radical (unpaired) electrons. The first-order valence-corrected chi connectivity index (χ1v) is 8.78. The molecule has 0 bridgehead atoms. The SMILES string of the molecule is CC1(C(=O)O)CCN(S(=O)(=O)c2cc(Cl)c(Br)s2)C1. The number of carboxylic acid groups (broad SMARTS) is 1. The Morgan fingerprint density at radius 3 is 2.68 bits per heavy atom. The van der Waals surface area contributed by atoms with Gasteiger partial charge in [0.1, 0.15) is 4.21 Å². The highest BCUT2D eigenvalue weighted by Gasteiger charge is 2.45. The molecule has 106 valence electrons. The predicted octanol–water partition coefficient (Wildman–Crippen LogP) is 2.65. The number of hydrogen-bond donors (Lipinski definition) is 1. The van der Waals surface area contributed by atoms with E-state index in [1.54, 1.807) is 6.92 Å². The molecule has 9 heteroatoms. The van der Waals surface area contributed by atoms with Gasteiger partial charge in [0.05, 0.1) is 14.2 Å². The summed E-state index contributed by atoms with van der Waals surface area (Å²) in [4.78, 5) is 11.1. The van der Waals surface area contributed by atoms with E-state index in [0.29, 0.717) is 15.2 Å². The third-order valence-electron chi connectivity index (χ3n) is 3.17. The summed E-state index contributed by atoms with van der Waals surface area (Å²) in [6, 6.07) is 1.38. The summed E-state index contributed by atoms with van der Waals surface area (Å²) >= 11 is 10.0. The summed E-state index contributed by atoms with van der Waals surface area (Å²) in [7, 11) is -3.67. The maximum atomic E-state index is 12.4. The van der Waals surface area contributed by atoms with Gasteiger partial charge in [-0.25, -0.2) is 8.42 Å². The summed E-state index contributed by atoms with van der Waals surface area (Å²) in [5.74, 6) is -0.976. The van der Waals surface area contributed by atoms with Gasteiger partial charge >= 0.3 is 5.97 Å². The van der Waals surface area contributed by atoms with Gasteiger partial charge in [-0.1, -0.05) is 11.6 Å². The fourth-order valence-electron chi connectivity index (χ4n) is 1.88. The molecular weight excluding hydrogens is 378 g/mol. The standard InChI is InChI=1S/C10H11BrClNO4S2/c1-10(9(14)15)2-3-13(5-10)19(16,17)7-4-6(12)8(11)18-7/h4H,2-3,5H2,1H3,(H,14,15). The van der Waals surface area contributed by atoms with Gasteiger partial charge in [0, 0.05) is 13.1 Å². The van der Waals surface area contributed by atoms with Crippen LogP contribution >= 0.6 is 38.9 Å². The van der Waals surface area contributed by atoms with E-state index in [9.17, 15) is 13.2 Å². The highest BCUT2D eigenvalue weighted by molar-refractivity contribution is 9.11. The van der Waals surface area contributed by atoms with E-state index in [4.69, 9.17) is 16.7 Å². The average molecular weight is 389 g/mol. The normalized spacial score (nSPS) is 24.8. The van der Waals surface area contributed by atoms with Crippen molar-refractivity contribution in [3.8, 4) is 0 Å². The molecule has 1 unspecified atom stereocenters. The second-order valence-corrected chi connectivity index (χ2v) is 9.58. The highest BCUT2D eigenvalue weighted by atomic mass is 79.9. The number of thiophene rings is 1. The molecule has 1 N–H and O–H groups in total. The van der Waals surface area contributed by atoms with E-state index < -0.39 is 21.4 Å². The lowest BCUT2D eigenvalue weighted by atomic mass is 9.90. The average Bonchev–Trinajstić information content (AvgIpc) is 2.86. The summed E-state index contributed by atoms with van der Waals surface area (Å²) in [6.45, 7) is 1.75. The maximum absolute atomic E-state index is 12.4. The van der Waals surface area contributed by atoms with Gasteiger partial charge in [-0.3, -0.25) is 4.79 Å². The van der Waals surface area contributed by atoms with Crippen LogP contribution in [-0.2, 0) is 14.8 Å². The topological polar surface area (TPSA) is 74.7 Å². The molecule has 0 aliphatic carbocycles. The van der Waals surface area contributed by atoms with Crippen LogP contribution in [0, 0.1) is 5.41 Å². The molecule has 0 saturated carbocycles. The van der Waals surface area contributed by atoms with Crippen LogP contribution in [0.4, 0.5) is 0 Å². The third-order valence-corrected chi connectivity index (χ3v) is 7.94. The van der Waals surface area contributed by atoms with Crippen LogP contribution in [0.25, 0.3) is 0 Å². The fraction of sp³-hybridized carbons (Fsp3) is 0.500. The minimum Gasteiger partial charge on any atom is -0.481 e. The summed E-state index contributed by atoms with van der Waals surface area (Å²) < 4.78 is 26.6. The number of hydrogen-bond acceptors (Lipinski definition) is 4. The minimum atomic E-state index is -3.67. The summed E-state index contributed by atoms with van der Waals surface area (Å²) in [5.41, 5.74) is -1.02. The van der Waals surface area contributed by atoms with Crippen LogP contribution in [0.5, 0.6) is 0 Å². The minimum absolute atomic E-state index is 0.0161. The lowest BCUT2D eigenvalue weighted by Crippen LogP contribution is -2.34. The van der Waals surface area contributed by atoms with E-state index in [0.717, 1.165) is 11.3 Å². The van der Waals surface area contributed by atoms with E-state index in [-0.39, 0.29) is 17.3 Å². The number of aliphatic carboxylic acids is 1. The Labute approximate surface area is 128 Å². The smallest absolute Gasteiger partial charge is 0.310 e. The Hall–Kier alpha value is -0.150. The molecule has 0 spiro atoms. The van der Waals surface area contributed by atoms with Crippen LogP contribution < -0.4 is 0 Å². The van der Waals surface area contributed by atoms with Crippen molar-refractivity contribution < 1.29 is 18.3 Å². The molecule has 2 rings (SSSR count). The molecule has 19 heavy (non-hydrogen) atoms. The Bertz CT molecular complexity index is 610. The van der Waals surface area contributed by atoms with Crippen LogP contribution in [0.1, 0.15) is 13.3 Å². The van der Waals surface area contributed by atoms with E-state index in [2.05, 4.69) is 15.9 Å². The molecule has 1 aromatic heterocycles. The summed E-state index contributed by atoms with van der Waals surface area (Å²) in [5, 5.41) is 9.46. The van der Waals surface area contributed by atoms with E-state index in [1.807, 2.05) is 0 Å². The highest BCUT2D eigenvalue weighted by Crippen LogP contribution is 2.39. The molecule has 5 nitrogen and oxygen atoms in total. The Balaban J connectivity index is 2.30. The molecule has 0 aromatic carbocycles. The first kappa shape index (κ1) is 15.2. The van der Waals surface area contributed by atoms with Crippen LogP contribution in [0.3, 0.4) is 0 Å². The monoisotopic (exact) mass is 387 g/mol. The number of carboxylic acids is 1. The van der Waals surface area contributed by atoms with Gasteiger partial charge in [-0.15, -0.1) is 11.3 Å². The van der Waals surface area contributed by atoms with Gasteiger partial charge in [-0.2, -0.15) is 4.31 Å². The summed E-state index contributed by atoms with van der Waals surface area (Å²) in [6.07, 6.45) is 0.307. The molecule has 1 saturated heterocycles. The Morgan fingerprint density at radius 2 is 2.26 bits per heavy atom. The van der Waals surface area contributed by atoms with Crippen molar-refractivity contribution in [2.45, 2.75) is 17.6 Å². The number of nitrogens with zero attached hydrogens (tertiary/aromatic N) is 1. The van der Waals surface area contributed by atoms with Crippen molar-refractivity contribution in [2.75, 3.05) is 13.1 Å². The lowest BCUT2D eigenvalue weighted by molar-refractivity contribution is -0.146. The van der Waals surface area contributed by atoms with Gasteiger partial charge in [0.25, 0.3) is 10.0 Å². The first-order valence-electron chi connectivity index (χ1n) is 5.35. The van der Waals surface area contributed by atoms with E-state index >= 15 is 0 Å². The second kappa shape index (κ2) is 5.00. The Morgan fingerprint density at radius 1 is 1.63 bits per heavy atom. The fourth-order valence-corrected chi connectivity index (χ4v) is 6.00. The maximum Gasteiger partial charge on any atom is 0.310 e. The van der Waals surface area contributed by atoms with Gasteiger partial charge < -0.3 is 5.11 Å². The number of rotatable bonds is 3. The first-order chi connectivity index (χ1) is 8.67. The molecule has 1 aromatic rings. The van der Waals surface area contributed by atoms with Crippen molar-refractivity contribution in [2.24, 2.45) is 5.41 Å². The second-order valence-electron chi connectivity index (χ2n) is 4.64. The Kier molecular flexibility index (Phi) is 4.01. The molecule has 2 heterocycles. The molecule has 1 aliphatic rings. The van der Waals surface area contributed by atoms with Crippen molar-refractivity contribution in [1.82, 2.24) is 4.31 Å². The van der Waals surface area contributed by atoms with Crippen molar-refractivity contribution in [3.05, 3.63) is 14.9 Å². The number of sulfonamides is 1. The van der Waals surface area contributed by atoms with Gasteiger partial charge in [0.15, 0.2) is 0 Å². The van der Waals surface area contributed by atoms with E-state index in [1.165, 1.54) is 10.4 Å². The molecule has 1 atom stereocenters.